The van der Waals surface area contributed by atoms with Gasteiger partial charge in [-0.25, -0.2) is 0 Å². The lowest BCUT2D eigenvalue weighted by atomic mass is 10.3. The first-order valence-corrected chi connectivity index (χ1v) is 7.06. The zero-order chi connectivity index (χ0) is 13.1. The van der Waals surface area contributed by atoms with E-state index in [1.165, 1.54) is 0 Å². The minimum atomic E-state index is 0.0346. The van der Waals surface area contributed by atoms with Gasteiger partial charge >= 0.3 is 0 Å². The molecule has 1 aliphatic rings. The van der Waals surface area contributed by atoms with Crippen molar-refractivity contribution in [1.29, 1.82) is 0 Å². The number of halogens is 1. The second-order valence-corrected chi connectivity index (χ2v) is 5.53. The van der Waals surface area contributed by atoms with Crippen molar-refractivity contribution in [3.05, 3.63) is 22.4 Å². The molecular formula is C14H17BrN2O. The molecule has 0 radical (unpaired) electrons. The van der Waals surface area contributed by atoms with Crippen LogP contribution in [0.25, 0.3) is 0 Å². The van der Waals surface area contributed by atoms with Gasteiger partial charge in [-0.2, -0.15) is 0 Å². The lowest BCUT2D eigenvalue weighted by Crippen LogP contribution is -2.33. The van der Waals surface area contributed by atoms with E-state index in [0.29, 0.717) is 19.1 Å². The summed E-state index contributed by atoms with van der Waals surface area (Å²) in [5.41, 5.74) is 0.744. The smallest absolute Gasteiger partial charge is 0.271 e. The first kappa shape index (κ1) is 13.2. The van der Waals surface area contributed by atoms with Crippen molar-refractivity contribution in [2.24, 2.45) is 0 Å². The molecule has 1 aromatic heterocycles. The first-order chi connectivity index (χ1) is 8.67. The van der Waals surface area contributed by atoms with Crippen LogP contribution in [-0.2, 0) is 0 Å². The Hall–Kier alpha value is -1.21. The summed E-state index contributed by atoms with van der Waals surface area (Å²) in [7, 11) is 0. The van der Waals surface area contributed by atoms with Crippen molar-refractivity contribution in [1.82, 2.24) is 9.47 Å². The summed E-state index contributed by atoms with van der Waals surface area (Å²) in [5.74, 6) is 2.59. The first-order valence-electron chi connectivity index (χ1n) is 6.27. The number of carbonyl (C=O) groups is 1. The van der Waals surface area contributed by atoms with E-state index in [2.05, 4.69) is 26.4 Å². The normalized spacial score (nSPS) is 14.3. The van der Waals surface area contributed by atoms with Crippen LogP contribution in [0.15, 0.2) is 16.7 Å². The van der Waals surface area contributed by atoms with E-state index < -0.39 is 0 Å². The molecule has 0 N–H and O–H groups in total. The minimum absolute atomic E-state index is 0.0346. The van der Waals surface area contributed by atoms with E-state index in [9.17, 15) is 4.79 Å². The third-order valence-corrected chi connectivity index (χ3v) is 3.47. The monoisotopic (exact) mass is 308 g/mol. The lowest BCUT2D eigenvalue weighted by molar-refractivity contribution is 0.0766. The highest BCUT2D eigenvalue weighted by Crippen LogP contribution is 2.37. The Labute approximate surface area is 116 Å². The SMILES string of the molecule is C#CCN(CCC)C(=O)c1cc(Br)cn1C1CC1. The van der Waals surface area contributed by atoms with Crippen molar-refractivity contribution in [3.8, 4) is 12.3 Å². The van der Waals surface area contributed by atoms with Crippen LogP contribution in [0.4, 0.5) is 0 Å². The molecule has 1 heterocycles. The summed E-state index contributed by atoms with van der Waals surface area (Å²) in [6.45, 7) is 3.13. The van der Waals surface area contributed by atoms with Crippen LogP contribution >= 0.6 is 15.9 Å². The number of aromatic nitrogens is 1. The molecule has 0 bridgehead atoms. The molecule has 1 saturated carbocycles. The quantitative estimate of drug-likeness (QED) is 0.767. The third kappa shape index (κ3) is 2.78. The van der Waals surface area contributed by atoms with Crippen LogP contribution in [-0.4, -0.2) is 28.5 Å². The van der Waals surface area contributed by atoms with E-state index in [4.69, 9.17) is 6.42 Å². The highest BCUT2D eigenvalue weighted by Gasteiger charge is 2.29. The van der Waals surface area contributed by atoms with Gasteiger partial charge in [0.1, 0.15) is 5.69 Å². The average molecular weight is 309 g/mol. The number of nitrogens with zero attached hydrogens (tertiary/aromatic N) is 2. The summed E-state index contributed by atoms with van der Waals surface area (Å²) < 4.78 is 3.03. The molecular weight excluding hydrogens is 292 g/mol. The number of carbonyl (C=O) groups excluding carboxylic acids is 1. The fraction of sp³-hybridized carbons (Fsp3) is 0.500. The summed E-state index contributed by atoms with van der Waals surface area (Å²) >= 11 is 3.44. The third-order valence-electron chi connectivity index (χ3n) is 3.04. The Morgan fingerprint density at radius 3 is 2.94 bits per heavy atom. The van der Waals surface area contributed by atoms with Crippen molar-refractivity contribution >= 4 is 21.8 Å². The maximum absolute atomic E-state index is 12.5. The van der Waals surface area contributed by atoms with E-state index in [-0.39, 0.29) is 5.91 Å². The minimum Gasteiger partial charge on any atom is -0.339 e. The maximum atomic E-state index is 12.5. The van der Waals surface area contributed by atoms with Gasteiger partial charge in [-0.05, 0) is 41.3 Å². The second-order valence-electron chi connectivity index (χ2n) is 4.61. The molecule has 1 fully saturated rings. The maximum Gasteiger partial charge on any atom is 0.271 e. The largest absolute Gasteiger partial charge is 0.339 e. The molecule has 18 heavy (non-hydrogen) atoms. The Balaban J connectivity index is 2.23. The van der Waals surface area contributed by atoms with Crippen molar-refractivity contribution < 1.29 is 4.79 Å². The summed E-state index contributed by atoms with van der Waals surface area (Å²) in [4.78, 5) is 14.2. The Kier molecular flexibility index (Phi) is 4.13. The van der Waals surface area contributed by atoms with Crippen molar-refractivity contribution in [2.45, 2.75) is 32.2 Å². The van der Waals surface area contributed by atoms with Crippen LogP contribution in [0.1, 0.15) is 42.7 Å². The Morgan fingerprint density at radius 2 is 2.39 bits per heavy atom. The topological polar surface area (TPSA) is 25.2 Å². The van der Waals surface area contributed by atoms with Gasteiger partial charge in [0.05, 0.1) is 6.54 Å². The molecule has 0 aliphatic heterocycles. The fourth-order valence-electron chi connectivity index (χ4n) is 2.07. The van der Waals surface area contributed by atoms with E-state index in [1.54, 1.807) is 4.90 Å². The molecule has 96 valence electrons. The van der Waals surface area contributed by atoms with Gasteiger partial charge in [0.15, 0.2) is 0 Å². The number of terminal acetylenes is 1. The van der Waals surface area contributed by atoms with Crippen LogP contribution in [0.5, 0.6) is 0 Å². The van der Waals surface area contributed by atoms with Gasteiger partial charge in [-0.15, -0.1) is 6.42 Å². The zero-order valence-corrected chi connectivity index (χ0v) is 12.1. The predicted molar refractivity (Wildman–Crippen MR) is 75.4 cm³/mol. The van der Waals surface area contributed by atoms with E-state index in [0.717, 1.165) is 29.4 Å². The molecule has 4 heteroatoms. The van der Waals surface area contributed by atoms with Gasteiger partial charge in [0.2, 0.25) is 0 Å². The molecule has 1 aromatic rings. The lowest BCUT2D eigenvalue weighted by Gasteiger charge is -2.20. The highest BCUT2D eigenvalue weighted by molar-refractivity contribution is 9.10. The van der Waals surface area contributed by atoms with Crippen LogP contribution in [0, 0.1) is 12.3 Å². The predicted octanol–water partition coefficient (Wildman–Crippen LogP) is 3.07. The van der Waals surface area contributed by atoms with Crippen molar-refractivity contribution in [3.63, 3.8) is 0 Å². The molecule has 2 rings (SSSR count). The van der Waals surface area contributed by atoms with Crippen LogP contribution in [0.2, 0.25) is 0 Å². The van der Waals surface area contributed by atoms with Gasteiger partial charge in [-0.3, -0.25) is 4.79 Å². The average Bonchev–Trinajstić information content (AvgIpc) is 3.11. The van der Waals surface area contributed by atoms with Crippen molar-refractivity contribution in [2.75, 3.05) is 13.1 Å². The number of amides is 1. The summed E-state index contributed by atoms with van der Waals surface area (Å²) in [6.07, 6.45) is 10.6. The number of rotatable bonds is 5. The van der Waals surface area contributed by atoms with Gasteiger partial charge in [0, 0.05) is 23.3 Å². The van der Waals surface area contributed by atoms with Crippen LogP contribution in [0.3, 0.4) is 0 Å². The van der Waals surface area contributed by atoms with Gasteiger partial charge < -0.3 is 9.47 Å². The zero-order valence-electron chi connectivity index (χ0n) is 10.5. The number of hydrogen-bond acceptors (Lipinski definition) is 1. The van der Waals surface area contributed by atoms with Gasteiger partial charge in [0.25, 0.3) is 5.91 Å². The Bertz CT molecular complexity index is 482. The van der Waals surface area contributed by atoms with Crippen LogP contribution < -0.4 is 0 Å². The standard InChI is InChI=1S/C14H17BrN2O/c1-3-7-16(8-4-2)14(18)13-9-11(15)10-17(13)12-5-6-12/h1,9-10,12H,4-8H2,2H3. The second kappa shape index (κ2) is 5.62. The fourth-order valence-corrected chi connectivity index (χ4v) is 2.50. The molecule has 0 atom stereocenters. The van der Waals surface area contributed by atoms with E-state index >= 15 is 0 Å². The summed E-state index contributed by atoms with van der Waals surface area (Å²) in [5, 5.41) is 0. The molecule has 1 aliphatic carbocycles. The molecule has 1 amide bonds. The highest BCUT2D eigenvalue weighted by atomic mass is 79.9. The van der Waals surface area contributed by atoms with E-state index in [1.807, 2.05) is 19.2 Å². The molecule has 0 unspecified atom stereocenters. The molecule has 0 aromatic carbocycles. The Morgan fingerprint density at radius 1 is 1.67 bits per heavy atom. The van der Waals surface area contributed by atoms with Gasteiger partial charge in [-0.1, -0.05) is 12.8 Å². The summed E-state index contributed by atoms with van der Waals surface area (Å²) in [6, 6.07) is 2.38. The molecule has 3 nitrogen and oxygen atoms in total. The number of hydrogen-bond donors (Lipinski definition) is 0. The molecule has 0 saturated heterocycles. The molecule has 0 spiro atoms.